The first-order valence-corrected chi connectivity index (χ1v) is 12.5. The molecule has 1 unspecified atom stereocenters. The van der Waals surface area contributed by atoms with E-state index >= 15 is 0 Å². The minimum Gasteiger partial charge on any atom is -0.478 e. The number of nitrogens with zero attached hydrogens (tertiary/aromatic N) is 1. The molecule has 0 spiro atoms. The zero-order valence-electron chi connectivity index (χ0n) is 23.2. The van der Waals surface area contributed by atoms with Crippen molar-refractivity contribution in [2.24, 2.45) is 0 Å². The Morgan fingerprint density at radius 1 is 1.18 bits per heavy atom. The molecule has 1 aromatic heterocycles. The highest BCUT2D eigenvalue weighted by Crippen LogP contribution is 2.37. The number of hydrogen-bond donors (Lipinski definition) is 2. The summed E-state index contributed by atoms with van der Waals surface area (Å²) in [6.45, 7) is 14.1. The maximum absolute atomic E-state index is 13.8. The third kappa shape index (κ3) is 7.08. The van der Waals surface area contributed by atoms with Crippen molar-refractivity contribution in [3.63, 3.8) is 0 Å². The van der Waals surface area contributed by atoms with Crippen LogP contribution in [-0.2, 0) is 11.0 Å². The van der Waals surface area contributed by atoms with Crippen molar-refractivity contribution in [3.05, 3.63) is 104 Å². The number of alkyl halides is 3. The van der Waals surface area contributed by atoms with Gasteiger partial charge in [-0.1, -0.05) is 44.2 Å². The van der Waals surface area contributed by atoms with Gasteiger partial charge in [0.05, 0.1) is 34.2 Å². The zero-order chi connectivity index (χ0) is 30.4. The summed E-state index contributed by atoms with van der Waals surface area (Å²) in [7, 11) is 0. The van der Waals surface area contributed by atoms with Crippen molar-refractivity contribution in [1.82, 2.24) is 5.32 Å². The fourth-order valence-corrected chi connectivity index (χ4v) is 3.82. The number of nitriles is 1. The van der Waals surface area contributed by atoms with Crippen molar-refractivity contribution in [2.45, 2.75) is 53.8 Å². The van der Waals surface area contributed by atoms with Crippen LogP contribution in [-0.4, -0.2) is 11.1 Å². The summed E-state index contributed by atoms with van der Waals surface area (Å²) < 4.78 is 47.6. The molecule has 0 aliphatic rings. The van der Waals surface area contributed by atoms with E-state index in [1.165, 1.54) is 26.0 Å². The molecule has 3 rings (SSSR count). The first-order valence-electron chi connectivity index (χ1n) is 12.5. The zero-order valence-corrected chi connectivity index (χ0v) is 23.2. The van der Waals surface area contributed by atoms with E-state index in [9.17, 15) is 33.1 Å². The predicted molar refractivity (Wildman–Crippen MR) is 150 cm³/mol. The molecule has 0 fully saturated rings. The van der Waals surface area contributed by atoms with Gasteiger partial charge in [0.15, 0.2) is 5.43 Å². The molecule has 6 nitrogen and oxygen atoms in total. The number of hydrogen-bond acceptors (Lipinski definition) is 5. The third-order valence-electron chi connectivity index (χ3n) is 5.83. The highest BCUT2D eigenvalue weighted by molar-refractivity contribution is 5.91. The van der Waals surface area contributed by atoms with E-state index in [-0.39, 0.29) is 39.1 Å². The molecule has 0 aliphatic heterocycles. The van der Waals surface area contributed by atoms with Gasteiger partial charge >= 0.3 is 12.1 Å². The van der Waals surface area contributed by atoms with Crippen LogP contribution in [0, 0.1) is 18.3 Å². The molecule has 0 saturated heterocycles. The van der Waals surface area contributed by atoms with E-state index in [1.54, 1.807) is 38.1 Å². The van der Waals surface area contributed by atoms with Crippen LogP contribution >= 0.6 is 0 Å². The summed E-state index contributed by atoms with van der Waals surface area (Å²) >= 11 is 0. The number of aliphatic carboxylic acids is 1. The number of carboxylic acid groups (broad SMARTS) is 1. The summed E-state index contributed by atoms with van der Waals surface area (Å²) in [5, 5.41) is 21.4. The quantitative estimate of drug-likeness (QED) is 0.229. The van der Waals surface area contributed by atoms with Gasteiger partial charge in [-0.25, -0.2) is 4.79 Å². The van der Waals surface area contributed by atoms with Crippen molar-refractivity contribution in [3.8, 4) is 17.4 Å². The number of halogens is 3. The van der Waals surface area contributed by atoms with Gasteiger partial charge in [0.2, 0.25) is 0 Å². The van der Waals surface area contributed by atoms with Crippen molar-refractivity contribution in [1.29, 1.82) is 5.26 Å². The summed E-state index contributed by atoms with van der Waals surface area (Å²) in [5.74, 6) is -1.20. The van der Waals surface area contributed by atoms with Crippen LogP contribution < -0.4 is 10.7 Å². The lowest BCUT2D eigenvalue weighted by Gasteiger charge is -2.21. The number of rotatable bonds is 7. The molecule has 0 amide bonds. The first kappa shape index (κ1) is 31.6. The molecule has 2 aromatic carbocycles. The molecule has 1 heterocycles. The van der Waals surface area contributed by atoms with Crippen molar-refractivity contribution in [2.75, 3.05) is 0 Å². The minimum absolute atomic E-state index is 0.00842. The molecule has 210 valence electrons. The monoisotopic (exact) mass is 552 g/mol. The lowest BCUT2D eigenvalue weighted by molar-refractivity contribution is -0.137. The molecule has 0 saturated carbocycles. The second-order valence-electron chi connectivity index (χ2n) is 8.99. The molecule has 1 atom stereocenters. The van der Waals surface area contributed by atoms with Gasteiger partial charge in [-0.15, -0.1) is 0 Å². The van der Waals surface area contributed by atoms with Crippen LogP contribution in [0.5, 0.6) is 0 Å². The van der Waals surface area contributed by atoms with Gasteiger partial charge in [-0.3, -0.25) is 4.79 Å². The molecule has 3 aromatic rings. The summed E-state index contributed by atoms with van der Waals surface area (Å²) in [5.41, 5.74) is -0.356. The van der Waals surface area contributed by atoms with Crippen LogP contribution in [0.15, 0.2) is 81.2 Å². The summed E-state index contributed by atoms with van der Waals surface area (Å²) in [6, 6.07) is 9.00. The average Bonchev–Trinajstić information content (AvgIpc) is 2.92. The maximum atomic E-state index is 13.8. The number of allylic oxidation sites excluding steroid dienone is 3. The van der Waals surface area contributed by atoms with E-state index in [4.69, 9.17) is 4.42 Å². The standard InChI is InChI=1S/C29H25F3N2O4.C2H6/c1-15(2)9-10-24(16(3)28(36)37)34-18(5)22-12-21(29(30,31)32)13-23-25(35)17(4)26(38-27(22)23)20-8-6-7-19(11-20)14-33;1-2/h6-13,18,34H,3H2,1-2,4-5H3,(H,36,37);1-2H3/b24-10+;. The second-order valence-corrected chi connectivity index (χ2v) is 8.99. The van der Waals surface area contributed by atoms with Gasteiger partial charge in [-0.2, -0.15) is 18.4 Å². The number of fused-ring (bicyclic) bond motifs is 1. The Bertz CT molecular complexity index is 1600. The predicted octanol–water partition coefficient (Wildman–Crippen LogP) is 7.83. The molecule has 2 N–H and O–H groups in total. The molecule has 40 heavy (non-hydrogen) atoms. The van der Waals surface area contributed by atoms with E-state index < -0.39 is 29.2 Å². The SMILES string of the molecule is C=C(C(=O)O)/C(=C\C=C(C)C)NC(C)c1cc(C(F)(F)F)cc2c(=O)c(C)c(-c3cccc(C#N)c3)oc12.CC. The fourth-order valence-electron chi connectivity index (χ4n) is 3.82. The lowest BCUT2D eigenvalue weighted by atomic mass is 9.97. The number of benzene rings is 2. The molecular formula is C31H31F3N2O4. The largest absolute Gasteiger partial charge is 0.478 e. The van der Waals surface area contributed by atoms with Crippen LogP contribution in [0.3, 0.4) is 0 Å². The Kier molecular flexibility index (Phi) is 10.3. The highest BCUT2D eigenvalue weighted by Gasteiger charge is 2.33. The normalized spacial score (nSPS) is 12.1. The van der Waals surface area contributed by atoms with Gasteiger partial charge < -0.3 is 14.8 Å². The molecule has 9 heteroatoms. The van der Waals surface area contributed by atoms with Gasteiger partial charge in [0.25, 0.3) is 0 Å². The van der Waals surface area contributed by atoms with Gasteiger partial charge in [-0.05, 0) is 58.0 Å². The topological polar surface area (TPSA) is 103 Å². The molecule has 0 radical (unpaired) electrons. The highest BCUT2D eigenvalue weighted by atomic mass is 19.4. The number of carboxylic acids is 1. The van der Waals surface area contributed by atoms with E-state index in [0.717, 1.165) is 17.7 Å². The lowest BCUT2D eigenvalue weighted by Crippen LogP contribution is -2.23. The van der Waals surface area contributed by atoms with Crippen molar-refractivity contribution >= 4 is 16.9 Å². The Morgan fingerprint density at radius 2 is 1.82 bits per heavy atom. The Balaban J connectivity index is 0.00000274. The smallest absolute Gasteiger partial charge is 0.416 e. The van der Waals surface area contributed by atoms with E-state index in [1.807, 2.05) is 19.9 Å². The van der Waals surface area contributed by atoms with Crippen LogP contribution in [0.2, 0.25) is 0 Å². The molecular weight excluding hydrogens is 521 g/mol. The van der Waals surface area contributed by atoms with Gasteiger partial charge in [0, 0.05) is 22.4 Å². The Morgan fingerprint density at radius 3 is 2.38 bits per heavy atom. The van der Waals surface area contributed by atoms with Crippen LogP contribution in [0.4, 0.5) is 13.2 Å². The number of carbonyl (C=O) groups is 1. The van der Waals surface area contributed by atoms with Crippen LogP contribution in [0.1, 0.15) is 62.9 Å². The second kappa shape index (κ2) is 13.0. The third-order valence-corrected chi connectivity index (χ3v) is 5.83. The molecule has 0 aliphatic carbocycles. The Hall–Kier alpha value is -4.58. The fraction of sp³-hybridized carbons (Fsp3) is 0.258. The average molecular weight is 553 g/mol. The minimum atomic E-state index is -4.76. The molecule has 0 bridgehead atoms. The number of nitrogens with one attached hydrogen (secondary N) is 1. The first-order chi connectivity index (χ1) is 18.7. The maximum Gasteiger partial charge on any atom is 0.416 e. The summed E-state index contributed by atoms with van der Waals surface area (Å²) in [4.78, 5) is 24.9. The van der Waals surface area contributed by atoms with Gasteiger partial charge in [0.1, 0.15) is 11.3 Å². The van der Waals surface area contributed by atoms with E-state index in [0.29, 0.717) is 11.1 Å². The summed E-state index contributed by atoms with van der Waals surface area (Å²) in [6.07, 6.45) is -1.65. The van der Waals surface area contributed by atoms with E-state index in [2.05, 4.69) is 11.9 Å². The van der Waals surface area contributed by atoms with Crippen LogP contribution in [0.25, 0.3) is 22.3 Å². The van der Waals surface area contributed by atoms with Crippen molar-refractivity contribution < 1.29 is 27.5 Å². The Labute approximate surface area is 230 Å².